The highest BCUT2D eigenvalue weighted by atomic mass is 19.1. The van der Waals surface area contributed by atoms with Gasteiger partial charge in [-0.25, -0.2) is 9.37 Å². The van der Waals surface area contributed by atoms with Crippen LogP contribution in [0.5, 0.6) is 5.88 Å². The second-order valence-electron chi connectivity index (χ2n) is 2.93. The highest BCUT2D eigenvalue weighted by Crippen LogP contribution is 2.20. The van der Waals surface area contributed by atoms with Gasteiger partial charge in [-0.1, -0.05) is 6.07 Å². The van der Waals surface area contributed by atoms with Gasteiger partial charge in [0.15, 0.2) is 5.82 Å². The molecule has 0 fully saturated rings. The van der Waals surface area contributed by atoms with E-state index >= 15 is 0 Å². The molecular weight excluding hydrogens is 195 g/mol. The first-order valence-corrected chi connectivity index (χ1v) is 4.42. The molecule has 2 heterocycles. The van der Waals surface area contributed by atoms with Gasteiger partial charge in [0.2, 0.25) is 5.88 Å². The molecule has 0 amide bonds. The predicted molar refractivity (Wildman–Crippen MR) is 54.0 cm³/mol. The summed E-state index contributed by atoms with van der Waals surface area (Å²) >= 11 is 0. The molecule has 0 radical (unpaired) electrons. The molecule has 0 bridgehead atoms. The molecule has 0 aliphatic heterocycles. The average molecular weight is 204 g/mol. The lowest BCUT2D eigenvalue weighted by Crippen LogP contribution is -1.93. The van der Waals surface area contributed by atoms with Gasteiger partial charge < -0.3 is 4.74 Å². The molecule has 76 valence electrons. The van der Waals surface area contributed by atoms with Gasteiger partial charge in [0, 0.05) is 18.0 Å². The largest absolute Gasteiger partial charge is 0.479 e. The molecule has 2 rings (SSSR count). The van der Waals surface area contributed by atoms with Gasteiger partial charge in [0.25, 0.3) is 0 Å². The third-order valence-electron chi connectivity index (χ3n) is 1.96. The Kier molecular flexibility index (Phi) is 2.58. The molecule has 4 heteroatoms. The van der Waals surface area contributed by atoms with Crippen LogP contribution in [-0.2, 0) is 0 Å². The first-order valence-electron chi connectivity index (χ1n) is 4.42. The lowest BCUT2D eigenvalue weighted by atomic mass is 10.2. The summed E-state index contributed by atoms with van der Waals surface area (Å²) in [5, 5.41) is 0. The highest BCUT2D eigenvalue weighted by Gasteiger charge is 2.06. The normalized spacial score (nSPS) is 10.0. The van der Waals surface area contributed by atoms with Crippen molar-refractivity contribution in [3.63, 3.8) is 0 Å². The van der Waals surface area contributed by atoms with Crippen LogP contribution in [0.2, 0.25) is 0 Å². The monoisotopic (exact) mass is 204 g/mol. The van der Waals surface area contributed by atoms with Crippen molar-refractivity contribution in [3.8, 4) is 17.1 Å². The molecule has 2 aromatic heterocycles. The minimum Gasteiger partial charge on any atom is -0.479 e. The van der Waals surface area contributed by atoms with E-state index in [9.17, 15) is 4.39 Å². The number of pyridine rings is 2. The van der Waals surface area contributed by atoms with Crippen molar-refractivity contribution in [3.05, 3.63) is 42.5 Å². The lowest BCUT2D eigenvalue weighted by Gasteiger charge is -2.03. The number of ether oxygens (including phenoxy) is 1. The number of hydrogen-bond donors (Lipinski definition) is 0. The first-order chi connectivity index (χ1) is 7.31. The Balaban J connectivity index is 2.43. The Morgan fingerprint density at radius 3 is 2.73 bits per heavy atom. The molecule has 2 aromatic rings. The Morgan fingerprint density at radius 1 is 1.27 bits per heavy atom. The summed E-state index contributed by atoms with van der Waals surface area (Å²) in [5.74, 6) is -0.490. The zero-order valence-corrected chi connectivity index (χ0v) is 8.14. The van der Waals surface area contributed by atoms with Crippen LogP contribution in [0, 0.1) is 5.82 Å². The second kappa shape index (κ2) is 4.04. The standard InChI is InChI=1S/C11H9FN2O/c1-15-11-9(12)6-8(7-14-11)10-4-2-3-5-13-10/h2-7H,1H3. The van der Waals surface area contributed by atoms with Crippen molar-refractivity contribution < 1.29 is 9.13 Å². The van der Waals surface area contributed by atoms with Gasteiger partial charge in [-0.05, 0) is 18.2 Å². The lowest BCUT2D eigenvalue weighted by molar-refractivity contribution is 0.369. The van der Waals surface area contributed by atoms with Crippen molar-refractivity contribution in [1.82, 2.24) is 9.97 Å². The van der Waals surface area contributed by atoms with Crippen LogP contribution in [0.25, 0.3) is 11.3 Å². The van der Waals surface area contributed by atoms with E-state index in [2.05, 4.69) is 9.97 Å². The van der Waals surface area contributed by atoms with Gasteiger partial charge in [-0.3, -0.25) is 4.98 Å². The first kappa shape index (κ1) is 9.58. The fourth-order valence-corrected chi connectivity index (χ4v) is 1.25. The molecule has 0 aromatic carbocycles. The van der Waals surface area contributed by atoms with Crippen LogP contribution < -0.4 is 4.74 Å². The van der Waals surface area contributed by atoms with E-state index in [0.717, 1.165) is 0 Å². The van der Waals surface area contributed by atoms with E-state index < -0.39 is 5.82 Å². The van der Waals surface area contributed by atoms with Gasteiger partial charge in [-0.15, -0.1) is 0 Å². The smallest absolute Gasteiger partial charge is 0.250 e. The Labute approximate surface area is 86.6 Å². The van der Waals surface area contributed by atoms with Crippen LogP contribution in [-0.4, -0.2) is 17.1 Å². The van der Waals surface area contributed by atoms with E-state index in [1.54, 1.807) is 18.3 Å². The number of hydrogen-bond acceptors (Lipinski definition) is 3. The minimum absolute atomic E-state index is 0.00492. The Bertz CT molecular complexity index is 459. The summed E-state index contributed by atoms with van der Waals surface area (Å²) in [5.41, 5.74) is 1.32. The SMILES string of the molecule is COc1ncc(-c2ccccn2)cc1F. The summed E-state index contributed by atoms with van der Waals surface area (Å²) in [6, 6.07) is 6.79. The summed E-state index contributed by atoms with van der Waals surface area (Å²) in [6.07, 6.45) is 3.18. The van der Waals surface area contributed by atoms with Crippen LogP contribution in [0.15, 0.2) is 36.7 Å². The summed E-state index contributed by atoms with van der Waals surface area (Å²) in [7, 11) is 1.38. The topological polar surface area (TPSA) is 35.0 Å². The molecule has 0 aliphatic carbocycles. The summed E-state index contributed by atoms with van der Waals surface area (Å²) in [4.78, 5) is 7.93. The number of aromatic nitrogens is 2. The van der Waals surface area contributed by atoms with Crippen LogP contribution in [0.3, 0.4) is 0 Å². The van der Waals surface area contributed by atoms with Crippen LogP contribution >= 0.6 is 0 Å². The summed E-state index contributed by atoms with van der Waals surface area (Å²) in [6.45, 7) is 0. The quantitative estimate of drug-likeness (QED) is 0.752. The second-order valence-corrected chi connectivity index (χ2v) is 2.93. The molecule has 0 spiro atoms. The van der Waals surface area contributed by atoms with E-state index in [0.29, 0.717) is 11.3 Å². The van der Waals surface area contributed by atoms with Crippen LogP contribution in [0.1, 0.15) is 0 Å². The molecular formula is C11H9FN2O. The van der Waals surface area contributed by atoms with E-state index in [-0.39, 0.29) is 5.88 Å². The molecule has 0 atom stereocenters. The van der Waals surface area contributed by atoms with Gasteiger partial charge >= 0.3 is 0 Å². The van der Waals surface area contributed by atoms with Crippen molar-refractivity contribution >= 4 is 0 Å². The number of halogens is 1. The number of rotatable bonds is 2. The van der Waals surface area contributed by atoms with E-state index in [1.165, 1.54) is 19.4 Å². The molecule has 0 unspecified atom stereocenters. The maximum absolute atomic E-state index is 13.3. The van der Waals surface area contributed by atoms with Crippen LogP contribution in [0.4, 0.5) is 4.39 Å². The predicted octanol–water partition coefficient (Wildman–Crippen LogP) is 2.29. The fourth-order valence-electron chi connectivity index (χ4n) is 1.25. The van der Waals surface area contributed by atoms with E-state index in [1.807, 2.05) is 6.07 Å². The van der Waals surface area contributed by atoms with Gasteiger partial charge in [0.05, 0.1) is 12.8 Å². The molecule has 0 saturated carbocycles. The zero-order chi connectivity index (χ0) is 10.7. The van der Waals surface area contributed by atoms with E-state index in [4.69, 9.17) is 4.74 Å². The van der Waals surface area contributed by atoms with Gasteiger partial charge in [0.1, 0.15) is 0 Å². The Morgan fingerprint density at radius 2 is 2.13 bits per heavy atom. The highest BCUT2D eigenvalue weighted by molar-refractivity contribution is 5.58. The van der Waals surface area contributed by atoms with Crippen molar-refractivity contribution in [2.75, 3.05) is 7.11 Å². The molecule has 0 N–H and O–H groups in total. The average Bonchev–Trinajstić information content (AvgIpc) is 2.30. The third-order valence-corrected chi connectivity index (χ3v) is 1.96. The zero-order valence-electron chi connectivity index (χ0n) is 8.14. The molecule has 15 heavy (non-hydrogen) atoms. The third kappa shape index (κ3) is 1.93. The molecule has 0 saturated heterocycles. The van der Waals surface area contributed by atoms with Gasteiger partial charge in [-0.2, -0.15) is 0 Å². The van der Waals surface area contributed by atoms with Crippen molar-refractivity contribution in [2.24, 2.45) is 0 Å². The minimum atomic E-state index is -0.486. The van der Waals surface area contributed by atoms with Crippen molar-refractivity contribution in [1.29, 1.82) is 0 Å². The summed E-state index contributed by atoms with van der Waals surface area (Å²) < 4.78 is 18.1. The molecule has 3 nitrogen and oxygen atoms in total. The Hall–Kier alpha value is -1.97. The fraction of sp³-hybridized carbons (Fsp3) is 0.0909. The molecule has 0 aliphatic rings. The maximum atomic E-state index is 13.3. The van der Waals surface area contributed by atoms with Crippen molar-refractivity contribution in [2.45, 2.75) is 0 Å². The maximum Gasteiger partial charge on any atom is 0.250 e. The number of methoxy groups -OCH3 is 1. The number of nitrogens with zero attached hydrogens (tertiary/aromatic N) is 2.